The van der Waals surface area contributed by atoms with Gasteiger partial charge in [-0.15, -0.1) is 0 Å². The van der Waals surface area contributed by atoms with Crippen LogP contribution >= 0.6 is 15.9 Å². The lowest BCUT2D eigenvalue weighted by Crippen LogP contribution is -2.11. The molecule has 0 radical (unpaired) electrons. The number of rotatable bonds is 4. The van der Waals surface area contributed by atoms with Crippen molar-refractivity contribution in [2.45, 2.75) is 19.3 Å². The first-order valence-electron chi connectivity index (χ1n) is 5.13. The lowest BCUT2D eigenvalue weighted by molar-refractivity contribution is 0.210. The Balaban J connectivity index is 2.24. The second-order valence-electron chi connectivity index (χ2n) is 4.27. The van der Waals surface area contributed by atoms with Crippen LogP contribution in [0.4, 0.5) is 0 Å². The molecule has 1 aromatic carbocycles. The smallest absolute Gasteiger partial charge is 0.136 e. The minimum absolute atomic E-state index is 0.133. The fraction of sp³-hybridized carbons (Fsp3) is 0.500. The van der Waals surface area contributed by atoms with Gasteiger partial charge in [-0.05, 0) is 52.2 Å². The lowest BCUT2D eigenvalue weighted by Gasteiger charge is -2.15. The van der Waals surface area contributed by atoms with Gasteiger partial charge in [0.1, 0.15) is 5.75 Å². The monoisotopic (exact) mass is 270 g/mol. The predicted octanol–water partition coefficient (Wildman–Crippen LogP) is 2.77. The summed E-state index contributed by atoms with van der Waals surface area (Å²) in [6, 6.07) is 6.05. The number of ether oxygens (including phenoxy) is 1. The molecular formula is C12H15BrO2. The summed E-state index contributed by atoms with van der Waals surface area (Å²) in [7, 11) is 1.68. The molecule has 1 aliphatic carbocycles. The van der Waals surface area contributed by atoms with Crippen molar-refractivity contribution in [3.05, 3.63) is 28.2 Å². The van der Waals surface area contributed by atoms with E-state index in [1.54, 1.807) is 7.11 Å². The number of hydrogen-bond acceptors (Lipinski definition) is 2. The number of aliphatic hydroxyl groups excluding tert-OH is 1. The Labute approximate surface area is 98.4 Å². The number of methoxy groups -OCH3 is 1. The van der Waals surface area contributed by atoms with E-state index in [9.17, 15) is 5.11 Å². The van der Waals surface area contributed by atoms with Gasteiger partial charge in [0.2, 0.25) is 0 Å². The van der Waals surface area contributed by atoms with Gasteiger partial charge in [-0.25, -0.2) is 0 Å². The first-order chi connectivity index (χ1) is 7.21. The molecule has 2 rings (SSSR count). The van der Waals surface area contributed by atoms with E-state index in [-0.39, 0.29) is 12.0 Å². The Bertz CT molecular complexity index is 359. The van der Waals surface area contributed by atoms with Gasteiger partial charge in [0.05, 0.1) is 11.6 Å². The van der Waals surface area contributed by atoms with Gasteiger partial charge in [-0.2, -0.15) is 0 Å². The third-order valence-corrected chi connectivity index (χ3v) is 3.74. The van der Waals surface area contributed by atoms with Gasteiger partial charge < -0.3 is 9.84 Å². The summed E-state index contributed by atoms with van der Waals surface area (Å²) in [6.07, 6.45) is 3.16. The van der Waals surface area contributed by atoms with Crippen LogP contribution in [-0.4, -0.2) is 18.8 Å². The molecule has 0 spiro atoms. The molecule has 0 aliphatic heterocycles. The van der Waals surface area contributed by atoms with Crippen molar-refractivity contribution < 1.29 is 9.84 Å². The molecule has 82 valence electrons. The van der Waals surface area contributed by atoms with Gasteiger partial charge in [0.15, 0.2) is 0 Å². The average molecular weight is 271 g/mol. The molecule has 1 aromatic rings. The number of benzene rings is 1. The minimum atomic E-state index is 0.133. The molecule has 1 fully saturated rings. The van der Waals surface area contributed by atoms with Gasteiger partial charge >= 0.3 is 0 Å². The number of aliphatic hydroxyl groups is 1. The van der Waals surface area contributed by atoms with E-state index >= 15 is 0 Å². The molecular weight excluding hydrogens is 256 g/mol. The Morgan fingerprint density at radius 2 is 2.20 bits per heavy atom. The van der Waals surface area contributed by atoms with Crippen molar-refractivity contribution in [3.8, 4) is 5.75 Å². The Kier molecular flexibility index (Phi) is 3.03. The maximum atomic E-state index is 9.30. The van der Waals surface area contributed by atoms with E-state index in [1.165, 1.54) is 5.56 Å². The summed E-state index contributed by atoms with van der Waals surface area (Å²) in [5.74, 6) is 0.900. The zero-order valence-corrected chi connectivity index (χ0v) is 10.4. The topological polar surface area (TPSA) is 29.5 Å². The van der Waals surface area contributed by atoms with Gasteiger partial charge in [-0.3, -0.25) is 0 Å². The van der Waals surface area contributed by atoms with Gasteiger partial charge in [0, 0.05) is 6.61 Å². The van der Waals surface area contributed by atoms with Gasteiger partial charge in [0.25, 0.3) is 0 Å². The third kappa shape index (κ3) is 2.18. The molecule has 0 unspecified atom stereocenters. The van der Waals surface area contributed by atoms with Crippen LogP contribution in [0.5, 0.6) is 5.75 Å². The summed E-state index contributed by atoms with van der Waals surface area (Å²) in [5, 5.41) is 9.30. The molecule has 2 nitrogen and oxygen atoms in total. The second-order valence-corrected chi connectivity index (χ2v) is 5.12. The highest BCUT2D eigenvalue weighted by Crippen LogP contribution is 2.49. The molecule has 15 heavy (non-hydrogen) atoms. The van der Waals surface area contributed by atoms with Crippen molar-refractivity contribution in [3.63, 3.8) is 0 Å². The van der Waals surface area contributed by atoms with Crippen LogP contribution in [0.2, 0.25) is 0 Å². The average Bonchev–Trinajstić information content (AvgIpc) is 2.99. The van der Waals surface area contributed by atoms with E-state index in [0.717, 1.165) is 29.5 Å². The van der Waals surface area contributed by atoms with Crippen LogP contribution in [0.15, 0.2) is 22.7 Å². The first kappa shape index (κ1) is 11.0. The molecule has 0 bridgehead atoms. The highest BCUT2D eigenvalue weighted by Gasteiger charge is 2.42. The zero-order valence-electron chi connectivity index (χ0n) is 8.79. The first-order valence-corrected chi connectivity index (χ1v) is 5.92. The SMILES string of the molecule is COc1c(Br)cccc1CC1(CO)CC1. The van der Waals surface area contributed by atoms with E-state index in [4.69, 9.17) is 4.74 Å². The fourth-order valence-electron chi connectivity index (χ4n) is 1.89. The molecule has 1 aliphatic rings. The molecule has 1 saturated carbocycles. The van der Waals surface area contributed by atoms with Crippen LogP contribution < -0.4 is 4.74 Å². The van der Waals surface area contributed by atoms with Crippen molar-refractivity contribution in [2.24, 2.45) is 5.41 Å². The number of hydrogen-bond donors (Lipinski definition) is 1. The zero-order chi connectivity index (χ0) is 10.9. The molecule has 1 N–H and O–H groups in total. The van der Waals surface area contributed by atoms with Crippen LogP contribution in [-0.2, 0) is 6.42 Å². The molecule has 3 heteroatoms. The number of halogens is 1. The summed E-state index contributed by atoms with van der Waals surface area (Å²) in [6.45, 7) is 0.280. The van der Waals surface area contributed by atoms with E-state index in [2.05, 4.69) is 22.0 Å². The highest BCUT2D eigenvalue weighted by molar-refractivity contribution is 9.10. The summed E-state index contributed by atoms with van der Waals surface area (Å²) in [4.78, 5) is 0. The van der Waals surface area contributed by atoms with Crippen molar-refractivity contribution in [2.75, 3.05) is 13.7 Å². The summed E-state index contributed by atoms with van der Waals surface area (Å²) in [5.41, 5.74) is 1.31. The molecule has 0 heterocycles. The van der Waals surface area contributed by atoms with Crippen LogP contribution in [0.1, 0.15) is 18.4 Å². The number of para-hydroxylation sites is 1. The fourth-order valence-corrected chi connectivity index (χ4v) is 2.46. The van der Waals surface area contributed by atoms with Gasteiger partial charge in [-0.1, -0.05) is 12.1 Å². The molecule has 0 amide bonds. The van der Waals surface area contributed by atoms with Crippen LogP contribution in [0, 0.1) is 5.41 Å². The van der Waals surface area contributed by atoms with Crippen molar-refractivity contribution in [1.82, 2.24) is 0 Å². The van der Waals surface area contributed by atoms with E-state index < -0.39 is 0 Å². The largest absolute Gasteiger partial charge is 0.495 e. The normalized spacial score (nSPS) is 17.5. The minimum Gasteiger partial charge on any atom is -0.495 e. The highest BCUT2D eigenvalue weighted by atomic mass is 79.9. The lowest BCUT2D eigenvalue weighted by atomic mass is 9.97. The summed E-state index contributed by atoms with van der Waals surface area (Å²) >= 11 is 3.47. The van der Waals surface area contributed by atoms with Crippen molar-refractivity contribution >= 4 is 15.9 Å². The van der Waals surface area contributed by atoms with E-state index in [0.29, 0.717) is 0 Å². The Morgan fingerprint density at radius 3 is 2.73 bits per heavy atom. The maximum Gasteiger partial charge on any atom is 0.136 e. The Hall–Kier alpha value is -0.540. The van der Waals surface area contributed by atoms with Crippen LogP contribution in [0.25, 0.3) is 0 Å². The Morgan fingerprint density at radius 1 is 1.47 bits per heavy atom. The second kappa shape index (κ2) is 4.14. The van der Waals surface area contributed by atoms with Crippen LogP contribution in [0.3, 0.4) is 0 Å². The standard InChI is InChI=1S/C12H15BrO2/c1-15-11-9(3-2-4-10(11)13)7-12(8-14)5-6-12/h2-4,14H,5-8H2,1H3. The molecule has 0 aromatic heterocycles. The molecule has 0 saturated heterocycles. The maximum absolute atomic E-state index is 9.30. The van der Waals surface area contributed by atoms with E-state index in [1.807, 2.05) is 12.1 Å². The quantitative estimate of drug-likeness (QED) is 0.912. The third-order valence-electron chi connectivity index (χ3n) is 3.11. The summed E-state index contributed by atoms with van der Waals surface area (Å²) < 4.78 is 6.35. The predicted molar refractivity (Wildman–Crippen MR) is 63.2 cm³/mol. The molecule has 0 atom stereocenters. The van der Waals surface area contributed by atoms with Crippen molar-refractivity contribution in [1.29, 1.82) is 0 Å².